The second kappa shape index (κ2) is 8.20. The number of aromatic nitrogens is 3. The van der Waals surface area contributed by atoms with E-state index in [0.717, 1.165) is 16.8 Å². The molecule has 1 N–H and O–H groups in total. The maximum atomic E-state index is 13.8. The van der Waals surface area contributed by atoms with Crippen LogP contribution in [-0.4, -0.2) is 26.2 Å². The van der Waals surface area contributed by atoms with E-state index in [9.17, 15) is 14.0 Å². The molecule has 1 aromatic carbocycles. The van der Waals surface area contributed by atoms with Gasteiger partial charge >= 0.3 is 6.09 Å². The Kier molecular flexibility index (Phi) is 6.01. The number of nitrogens with zero attached hydrogens (tertiary/aromatic N) is 3. The van der Waals surface area contributed by atoms with Crippen molar-refractivity contribution in [2.24, 2.45) is 0 Å². The molecule has 3 aromatic rings. The number of nitrogens with one attached hydrogen (secondary N) is 1. The van der Waals surface area contributed by atoms with Gasteiger partial charge in [0.25, 0.3) is 5.56 Å². The Balaban J connectivity index is 2.23. The van der Waals surface area contributed by atoms with Gasteiger partial charge < -0.3 is 10.1 Å². The van der Waals surface area contributed by atoms with Crippen LogP contribution in [0.4, 0.5) is 9.18 Å². The van der Waals surface area contributed by atoms with Gasteiger partial charge in [0.15, 0.2) is 0 Å². The molecule has 0 saturated carbocycles. The van der Waals surface area contributed by atoms with Crippen molar-refractivity contribution in [2.45, 2.75) is 39.3 Å². The summed E-state index contributed by atoms with van der Waals surface area (Å²) in [5.41, 5.74) is -1.00. The first kappa shape index (κ1) is 22.0. The molecule has 1 atom stereocenters. The third-order valence-electron chi connectivity index (χ3n) is 4.02. The van der Waals surface area contributed by atoms with Crippen LogP contribution in [0.3, 0.4) is 0 Å². The molecule has 2 heterocycles. The van der Waals surface area contributed by atoms with E-state index in [1.165, 1.54) is 18.3 Å². The summed E-state index contributed by atoms with van der Waals surface area (Å²) in [5.74, 6) is -0.537. The summed E-state index contributed by atoms with van der Waals surface area (Å²) in [6.07, 6.45) is 1.61. The fourth-order valence-electron chi connectivity index (χ4n) is 2.85. The molecule has 3 rings (SSSR count). The third kappa shape index (κ3) is 4.55. The topological polar surface area (TPSA) is 86.1 Å². The van der Waals surface area contributed by atoms with Gasteiger partial charge in [-0.05, 0) is 39.8 Å². The predicted octanol–water partition coefficient (Wildman–Crippen LogP) is 4.81. The van der Waals surface area contributed by atoms with E-state index < -0.39 is 29.1 Å². The van der Waals surface area contributed by atoms with Crippen molar-refractivity contribution < 1.29 is 13.9 Å². The molecular weight excluding hydrogens is 434 g/mol. The average molecular weight is 453 g/mol. The molecule has 158 valence electrons. The maximum Gasteiger partial charge on any atom is 0.408 e. The number of amides is 1. The van der Waals surface area contributed by atoms with E-state index in [0.29, 0.717) is 0 Å². The number of benzene rings is 1. The Labute approximate surface area is 181 Å². The van der Waals surface area contributed by atoms with Gasteiger partial charge in [-0.2, -0.15) is 0 Å². The van der Waals surface area contributed by atoms with Crippen LogP contribution in [0.2, 0.25) is 10.0 Å². The van der Waals surface area contributed by atoms with Crippen LogP contribution in [0.15, 0.2) is 35.4 Å². The van der Waals surface area contributed by atoms with Crippen molar-refractivity contribution in [1.29, 1.82) is 0 Å². The van der Waals surface area contributed by atoms with Crippen molar-refractivity contribution in [3.8, 4) is 5.69 Å². The molecule has 10 heteroatoms. The zero-order valence-corrected chi connectivity index (χ0v) is 18.2. The number of carbonyl (C=O) groups excluding carboxylic acids is 1. The molecule has 0 spiro atoms. The summed E-state index contributed by atoms with van der Waals surface area (Å²) in [5, 5.41) is 3.05. The summed E-state index contributed by atoms with van der Waals surface area (Å²) >= 11 is 12.5. The number of ether oxygens (including phenoxy) is 1. The van der Waals surface area contributed by atoms with Crippen LogP contribution >= 0.6 is 23.2 Å². The van der Waals surface area contributed by atoms with E-state index in [1.54, 1.807) is 27.7 Å². The van der Waals surface area contributed by atoms with Gasteiger partial charge in [0.1, 0.15) is 17.2 Å². The molecule has 30 heavy (non-hydrogen) atoms. The lowest BCUT2D eigenvalue weighted by molar-refractivity contribution is 0.0505. The van der Waals surface area contributed by atoms with Crippen LogP contribution in [-0.2, 0) is 4.74 Å². The molecule has 1 amide bonds. The van der Waals surface area contributed by atoms with E-state index in [2.05, 4.69) is 15.3 Å². The average Bonchev–Trinajstić information content (AvgIpc) is 2.62. The number of hydrogen-bond acceptors (Lipinski definition) is 5. The summed E-state index contributed by atoms with van der Waals surface area (Å²) in [4.78, 5) is 33.9. The Morgan fingerprint density at radius 1 is 1.23 bits per heavy atom. The first-order valence-corrected chi connectivity index (χ1v) is 9.74. The van der Waals surface area contributed by atoms with Gasteiger partial charge in [-0.3, -0.25) is 14.3 Å². The lowest BCUT2D eigenvalue weighted by Gasteiger charge is -2.23. The summed E-state index contributed by atoms with van der Waals surface area (Å²) in [6, 6.07) is 3.33. The highest BCUT2D eigenvalue weighted by molar-refractivity contribution is 6.39. The molecule has 0 saturated heterocycles. The number of carbonyl (C=O) groups is 1. The monoisotopic (exact) mass is 452 g/mol. The summed E-state index contributed by atoms with van der Waals surface area (Å²) in [6.45, 7) is 6.78. The van der Waals surface area contributed by atoms with Crippen LogP contribution < -0.4 is 10.9 Å². The molecule has 0 unspecified atom stereocenters. The Bertz CT molecular complexity index is 1190. The minimum Gasteiger partial charge on any atom is -0.444 e. The lowest BCUT2D eigenvalue weighted by atomic mass is 10.2. The van der Waals surface area contributed by atoms with Crippen molar-refractivity contribution in [1.82, 2.24) is 19.9 Å². The van der Waals surface area contributed by atoms with Crippen LogP contribution in [0, 0.1) is 5.82 Å². The molecular formula is C20H19Cl2FN4O3. The summed E-state index contributed by atoms with van der Waals surface area (Å²) in [7, 11) is 0. The number of rotatable bonds is 3. The lowest BCUT2D eigenvalue weighted by Crippen LogP contribution is -2.37. The number of halogens is 3. The summed E-state index contributed by atoms with van der Waals surface area (Å²) < 4.78 is 20.2. The minimum absolute atomic E-state index is 0.0710. The minimum atomic E-state index is -0.796. The van der Waals surface area contributed by atoms with Gasteiger partial charge in [0.05, 0.1) is 45.1 Å². The van der Waals surface area contributed by atoms with Crippen molar-refractivity contribution in [3.63, 3.8) is 0 Å². The van der Waals surface area contributed by atoms with Crippen molar-refractivity contribution in [3.05, 3.63) is 62.6 Å². The predicted molar refractivity (Wildman–Crippen MR) is 113 cm³/mol. The molecule has 2 aromatic heterocycles. The number of pyridine rings is 1. The van der Waals surface area contributed by atoms with Gasteiger partial charge in [-0.25, -0.2) is 14.2 Å². The highest BCUT2D eigenvalue weighted by Crippen LogP contribution is 2.28. The van der Waals surface area contributed by atoms with Gasteiger partial charge in [-0.15, -0.1) is 0 Å². The molecule has 0 aliphatic rings. The molecule has 0 aliphatic carbocycles. The van der Waals surface area contributed by atoms with Gasteiger partial charge in [0, 0.05) is 6.07 Å². The van der Waals surface area contributed by atoms with E-state index in [-0.39, 0.29) is 32.5 Å². The van der Waals surface area contributed by atoms with Gasteiger partial charge in [0.2, 0.25) is 0 Å². The van der Waals surface area contributed by atoms with Crippen molar-refractivity contribution in [2.75, 3.05) is 0 Å². The van der Waals surface area contributed by atoms with Crippen LogP contribution in [0.1, 0.15) is 39.6 Å². The smallest absolute Gasteiger partial charge is 0.408 e. The maximum absolute atomic E-state index is 13.8. The number of hydrogen-bond donors (Lipinski definition) is 1. The fourth-order valence-corrected chi connectivity index (χ4v) is 3.28. The molecule has 0 bridgehead atoms. The molecule has 0 radical (unpaired) electrons. The van der Waals surface area contributed by atoms with E-state index in [1.807, 2.05) is 0 Å². The molecule has 0 aliphatic heterocycles. The van der Waals surface area contributed by atoms with Crippen molar-refractivity contribution >= 4 is 40.2 Å². The van der Waals surface area contributed by atoms with E-state index in [4.69, 9.17) is 27.9 Å². The standard InChI is InChI=1S/C20H19Cl2FN4O3/c1-10(25-19(29)30-20(2,3)4)17-26-16-14(22)6-5-13(21)15(16)18(28)27(17)12-7-11(23)8-24-9-12/h5-10H,1-4H3,(H,25,29)/t10-/m0/s1. The SMILES string of the molecule is C[C@H](NC(=O)OC(C)(C)C)c1nc2c(Cl)ccc(Cl)c2c(=O)n1-c1cncc(F)c1. The Morgan fingerprint density at radius 2 is 1.90 bits per heavy atom. The fraction of sp³-hybridized carbons (Fsp3) is 0.300. The second-order valence-electron chi connectivity index (χ2n) is 7.59. The quantitative estimate of drug-likeness (QED) is 0.615. The number of fused-ring (bicyclic) bond motifs is 1. The largest absolute Gasteiger partial charge is 0.444 e. The second-order valence-corrected chi connectivity index (χ2v) is 8.41. The molecule has 0 fully saturated rings. The van der Waals surface area contributed by atoms with E-state index >= 15 is 0 Å². The Hall–Kier alpha value is -2.71. The van der Waals surface area contributed by atoms with Gasteiger partial charge in [-0.1, -0.05) is 23.2 Å². The highest BCUT2D eigenvalue weighted by atomic mass is 35.5. The van der Waals surface area contributed by atoms with Crippen LogP contribution in [0.25, 0.3) is 16.6 Å². The first-order valence-electron chi connectivity index (χ1n) is 8.99. The number of alkyl carbamates (subject to hydrolysis) is 1. The normalized spacial score (nSPS) is 12.6. The highest BCUT2D eigenvalue weighted by Gasteiger charge is 2.24. The Morgan fingerprint density at radius 3 is 2.53 bits per heavy atom. The zero-order valence-electron chi connectivity index (χ0n) is 16.7. The first-order chi connectivity index (χ1) is 14.0. The third-order valence-corrected chi connectivity index (χ3v) is 4.64. The van der Waals surface area contributed by atoms with Crippen LogP contribution in [0.5, 0.6) is 0 Å². The molecule has 7 nitrogen and oxygen atoms in total. The zero-order chi connectivity index (χ0) is 22.2.